The molecule has 0 amide bonds. The minimum atomic E-state index is -0.000454. The van der Waals surface area contributed by atoms with Crippen LogP contribution in [0, 0.1) is 0 Å². The van der Waals surface area contributed by atoms with Crippen LogP contribution in [0.5, 0.6) is 11.6 Å². The predicted molar refractivity (Wildman–Crippen MR) is 73.4 cm³/mol. The average molecular weight is 285 g/mol. The van der Waals surface area contributed by atoms with E-state index in [9.17, 15) is 5.11 Å². The number of nitrogens with zero attached hydrogens (tertiary/aromatic N) is 4. The molecule has 1 aromatic carbocycles. The molecule has 2 aromatic heterocycles. The van der Waals surface area contributed by atoms with Crippen LogP contribution < -0.4 is 10.5 Å². The molecular formula is C13H11N5O3. The molecule has 21 heavy (non-hydrogen) atoms. The van der Waals surface area contributed by atoms with Gasteiger partial charge in [0.25, 0.3) is 5.89 Å². The lowest BCUT2D eigenvalue weighted by Crippen LogP contribution is -1.93. The number of phenols is 1. The van der Waals surface area contributed by atoms with Crippen molar-refractivity contribution in [2.75, 3.05) is 12.8 Å². The zero-order valence-electron chi connectivity index (χ0n) is 11.0. The van der Waals surface area contributed by atoms with E-state index in [-0.39, 0.29) is 17.3 Å². The summed E-state index contributed by atoms with van der Waals surface area (Å²) in [4.78, 5) is 4.22. The SMILES string of the molecule is COc1ccc(-c2noc(-c3ccc(O)c(N)c3)n2)nn1. The van der Waals surface area contributed by atoms with Gasteiger partial charge in [-0.05, 0) is 24.3 Å². The summed E-state index contributed by atoms with van der Waals surface area (Å²) < 4.78 is 10.1. The number of aromatic nitrogens is 4. The Morgan fingerprint density at radius 3 is 2.71 bits per heavy atom. The van der Waals surface area contributed by atoms with Gasteiger partial charge in [-0.1, -0.05) is 5.16 Å². The largest absolute Gasteiger partial charge is 0.506 e. The van der Waals surface area contributed by atoms with Crippen LogP contribution in [0.4, 0.5) is 5.69 Å². The van der Waals surface area contributed by atoms with Crippen LogP contribution in [-0.2, 0) is 0 Å². The fraction of sp³-hybridized carbons (Fsp3) is 0.0769. The number of hydrogen-bond acceptors (Lipinski definition) is 8. The van der Waals surface area contributed by atoms with Crippen molar-refractivity contribution < 1.29 is 14.4 Å². The van der Waals surface area contributed by atoms with Gasteiger partial charge in [0.1, 0.15) is 11.4 Å². The van der Waals surface area contributed by atoms with E-state index in [0.717, 1.165) is 0 Å². The summed E-state index contributed by atoms with van der Waals surface area (Å²) in [5, 5.41) is 21.0. The molecule has 0 spiro atoms. The molecule has 0 aliphatic rings. The molecule has 0 aliphatic heterocycles. The van der Waals surface area contributed by atoms with Gasteiger partial charge >= 0.3 is 0 Å². The molecule has 8 heteroatoms. The first-order valence-corrected chi connectivity index (χ1v) is 5.98. The van der Waals surface area contributed by atoms with Crippen LogP contribution in [0.25, 0.3) is 23.0 Å². The first kappa shape index (κ1) is 12.9. The molecular weight excluding hydrogens is 274 g/mol. The number of aromatic hydroxyl groups is 1. The molecule has 0 aliphatic carbocycles. The molecule has 0 bridgehead atoms. The number of ether oxygens (including phenoxy) is 1. The Labute approximate surface area is 119 Å². The van der Waals surface area contributed by atoms with Gasteiger partial charge in [-0.15, -0.1) is 10.2 Å². The molecule has 0 radical (unpaired) electrons. The van der Waals surface area contributed by atoms with Gasteiger partial charge < -0.3 is 20.1 Å². The molecule has 0 fully saturated rings. The van der Waals surface area contributed by atoms with Crippen LogP contribution in [0.2, 0.25) is 0 Å². The average Bonchev–Trinajstić information content (AvgIpc) is 3.00. The minimum absolute atomic E-state index is 0.000454. The Morgan fingerprint density at radius 2 is 2.05 bits per heavy atom. The Morgan fingerprint density at radius 1 is 1.19 bits per heavy atom. The monoisotopic (exact) mass is 285 g/mol. The molecule has 0 saturated carbocycles. The quantitative estimate of drug-likeness (QED) is 0.548. The minimum Gasteiger partial charge on any atom is -0.506 e. The number of nitrogen functional groups attached to an aromatic ring is 1. The van der Waals surface area contributed by atoms with Crippen LogP contribution in [0.3, 0.4) is 0 Å². The lowest BCUT2D eigenvalue weighted by atomic mass is 10.2. The summed E-state index contributed by atoms with van der Waals surface area (Å²) in [7, 11) is 1.51. The van der Waals surface area contributed by atoms with E-state index in [0.29, 0.717) is 23.0 Å². The van der Waals surface area contributed by atoms with Gasteiger partial charge in [0.15, 0.2) is 0 Å². The molecule has 2 heterocycles. The van der Waals surface area contributed by atoms with E-state index in [1.54, 1.807) is 24.3 Å². The second-order valence-corrected chi connectivity index (χ2v) is 4.16. The molecule has 3 rings (SSSR count). The summed E-state index contributed by atoms with van der Waals surface area (Å²) in [6.45, 7) is 0. The Kier molecular flexibility index (Phi) is 3.11. The molecule has 106 valence electrons. The summed E-state index contributed by atoms with van der Waals surface area (Å²) >= 11 is 0. The first-order chi connectivity index (χ1) is 10.2. The van der Waals surface area contributed by atoms with Crippen molar-refractivity contribution in [1.29, 1.82) is 0 Å². The number of hydrogen-bond donors (Lipinski definition) is 2. The molecule has 8 nitrogen and oxygen atoms in total. The standard InChI is InChI=1S/C13H11N5O3/c1-20-11-5-3-9(16-17-11)12-15-13(21-18-12)7-2-4-10(19)8(14)6-7/h2-6,19H,14H2,1H3. The van der Waals surface area contributed by atoms with Crippen LogP contribution in [-0.4, -0.2) is 32.6 Å². The maximum absolute atomic E-state index is 9.40. The van der Waals surface area contributed by atoms with Crippen LogP contribution in [0.1, 0.15) is 0 Å². The first-order valence-electron chi connectivity index (χ1n) is 5.98. The third-order valence-electron chi connectivity index (χ3n) is 2.78. The number of anilines is 1. The lowest BCUT2D eigenvalue weighted by molar-refractivity contribution is 0.392. The highest BCUT2D eigenvalue weighted by Crippen LogP contribution is 2.27. The van der Waals surface area contributed by atoms with Crippen molar-refractivity contribution in [2.45, 2.75) is 0 Å². The van der Waals surface area contributed by atoms with Gasteiger partial charge in [-0.3, -0.25) is 0 Å². The summed E-state index contributed by atoms with van der Waals surface area (Å²) in [6.07, 6.45) is 0. The van der Waals surface area contributed by atoms with Gasteiger partial charge in [-0.25, -0.2) is 0 Å². The summed E-state index contributed by atoms with van der Waals surface area (Å²) in [5.41, 5.74) is 6.92. The van der Waals surface area contributed by atoms with Gasteiger partial charge in [0.05, 0.1) is 12.8 Å². The highest BCUT2D eigenvalue weighted by atomic mass is 16.5. The fourth-order valence-corrected chi connectivity index (χ4v) is 1.68. The number of rotatable bonds is 3. The van der Waals surface area contributed by atoms with Crippen molar-refractivity contribution in [2.24, 2.45) is 0 Å². The van der Waals surface area contributed by atoms with Crippen LogP contribution in [0.15, 0.2) is 34.9 Å². The zero-order chi connectivity index (χ0) is 14.8. The van der Waals surface area contributed by atoms with Crippen molar-refractivity contribution in [1.82, 2.24) is 20.3 Å². The Balaban J connectivity index is 1.93. The molecule has 3 aromatic rings. The van der Waals surface area contributed by atoms with E-state index in [2.05, 4.69) is 20.3 Å². The molecule has 3 N–H and O–H groups in total. The number of methoxy groups -OCH3 is 1. The maximum Gasteiger partial charge on any atom is 0.258 e. The predicted octanol–water partition coefficient (Wildman–Crippen LogP) is 1.49. The summed E-state index contributed by atoms with van der Waals surface area (Å²) in [5.74, 6) is 0.967. The Hall–Kier alpha value is -3.16. The van der Waals surface area contributed by atoms with Crippen molar-refractivity contribution in [3.8, 4) is 34.6 Å². The van der Waals surface area contributed by atoms with Crippen LogP contribution >= 0.6 is 0 Å². The Bertz CT molecular complexity index is 770. The topological polar surface area (TPSA) is 120 Å². The molecule has 0 atom stereocenters. The number of benzene rings is 1. The highest BCUT2D eigenvalue weighted by Gasteiger charge is 2.13. The lowest BCUT2D eigenvalue weighted by Gasteiger charge is -1.99. The normalized spacial score (nSPS) is 10.5. The number of phenolic OH excluding ortho intramolecular Hbond substituents is 1. The second kappa shape index (κ2) is 5.08. The van der Waals surface area contributed by atoms with Gasteiger partial charge in [0, 0.05) is 11.6 Å². The zero-order valence-corrected chi connectivity index (χ0v) is 11.0. The second-order valence-electron chi connectivity index (χ2n) is 4.16. The molecule has 0 saturated heterocycles. The smallest absolute Gasteiger partial charge is 0.258 e. The van der Waals surface area contributed by atoms with Crippen molar-refractivity contribution in [3.63, 3.8) is 0 Å². The van der Waals surface area contributed by atoms with E-state index >= 15 is 0 Å². The van der Waals surface area contributed by atoms with E-state index < -0.39 is 0 Å². The third kappa shape index (κ3) is 2.46. The molecule has 0 unspecified atom stereocenters. The van der Waals surface area contributed by atoms with E-state index in [1.807, 2.05) is 0 Å². The van der Waals surface area contributed by atoms with Gasteiger partial charge in [-0.2, -0.15) is 4.98 Å². The third-order valence-corrected chi connectivity index (χ3v) is 2.78. The van der Waals surface area contributed by atoms with Crippen molar-refractivity contribution >= 4 is 5.69 Å². The van der Waals surface area contributed by atoms with Crippen molar-refractivity contribution in [3.05, 3.63) is 30.3 Å². The van der Waals surface area contributed by atoms with E-state index in [1.165, 1.54) is 13.2 Å². The van der Waals surface area contributed by atoms with E-state index in [4.69, 9.17) is 15.0 Å². The fourth-order valence-electron chi connectivity index (χ4n) is 1.68. The number of nitrogens with two attached hydrogens (primary N) is 1. The summed E-state index contributed by atoms with van der Waals surface area (Å²) in [6, 6.07) is 7.96. The maximum atomic E-state index is 9.40. The highest BCUT2D eigenvalue weighted by molar-refractivity contribution is 5.66. The van der Waals surface area contributed by atoms with Gasteiger partial charge in [0.2, 0.25) is 11.7 Å².